The number of aliphatic hydroxyl groups is 1. The first-order chi connectivity index (χ1) is 20.4. The molecule has 0 spiro atoms. The lowest BCUT2D eigenvalue weighted by Crippen LogP contribution is -2.56. The largest absolute Gasteiger partial charge is 0.481 e. The molecule has 1 saturated heterocycles. The van der Waals surface area contributed by atoms with Crippen LogP contribution >= 0.6 is 11.6 Å². The van der Waals surface area contributed by atoms with Gasteiger partial charge in [-0.3, -0.25) is 14.5 Å². The van der Waals surface area contributed by atoms with Crippen molar-refractivity contribution in [1.29, 1.82) is 0 Å². The van der Waals surface area contributed by atoms with E-state index in [2.05, 4.69) is 10.6 Å². The average molecular weight is 608 g/mol. The van der Waals surface area contributed by atoms with Crippen molar-refractivity contribution in [3.05, 3.63) is 64.7 Å². The van der Waals surface area contributed by atoms with Gasteiger partial charge in [-0.05, 0) is 30.2 Å². The van der Waals surface area contributed by atoms with Crippen LogP contribution in [0.1, 0.15) is 25.0 Å². The molecule has 10 nitrogen and oxygen atoms in total. The molecule has 1 atom stereocenters. The molecule has 0 aliphatic carbocycles. The third-order valence-electron chi connectivity index (χ3n) is 7.65. The van der Waals surface area contributed by atoms with E-state index in [4.69, 9.17) is 21.3 Å². The highest BCUT2D eigenvalue weighted by Crippen LogP contribution is 2.39. The molecule has 228 valence electrons. The van der Waals surface area contributed by atoms with Gasteiger partial charge in [0.2, 0.25) is 17.7 Å². The molecule has 2 heterocycles. The zero-order valence-corrected chi connectivity index (χ0v) is 26.1. The Bertz CT molecular complexity index is 1540. The van der Waals surface area contributed by atoms with Gasteiger partial charge in [0.15, 0.2) is 0 Å². The topological polar surface area (TPSA) is 124 Å². The zero-order valence-electron chi connectivity index (χ0n) is 25.3. The lowest BCUT2D eigenvalue weighted by atomic mass is 9.95. The molecule has 3 aromatic rings. The summed E-state index contributed by atoms with van der Waals surface area (Å²) in [5, 5.41) is 16.2. The highest BCUT2D eigenvalue weighted by atomic mass is 35.5. The van der Waals surface area contributed by atoms with Crippen LogP contribution in [0.5, 0.6) is 5.88 Å². The van der Waals surface area contributed by atoms with E-state index in [1.165, 1.54) is 11.9 Å². The third kappa shape index (κ3) is 6.82. The van der Waals surface area contributed by atoms with E-state index in [1.54, 1.807) is 20.2 Å². The van der Waals surface area contributed by atoms with Gasteiger partial charge in [-0.15, -0.1) is 0 Å². The Morgan fingerprint density at radius 3 is 2.47 bits per heavy atom. The monoisotopic (exact) mass is 607 g/mol. The number of carbonyl (C=O) groups excluding carboxylic acids is 3. The summed E-state index contributed by atoms with van der Waals surface area (Å²) < 4.78 is 5.59. The Balaban J connectivity index is 1.59. The molecule has 2 aromatic carbocycles. The predicted octanol–water partition coefficient (Wildman–Crippen LogP) is 4.57. The van der Waals surface area contributed by atoms with Crippen LogP contribution in [-0.4, -0.2) is 78.6 Å². The van der Waals surface area contributed by atoms with Crippen molar-refractivity contribution < 1.29 is 24.2 Å². The summed E-state index contributed by atoms with van der Waals surface area (Å²) in [6.07, 6.45) is 0. The molecular weight excluding hydrogens is 570 g/mol. The molecule has 0 bridgehead atoms. The zero-order chi connectivity index (χ0) is 31.5. The first-order valence-corrected chi connectivity index (χ1v) is 14.3. The molecule has 1 unspecified atom stereocenters. The fourth-order valence-corrected chi connectivity index (χ4v) is 5.28. The van der Waals surface area contributed by atoms with Gasteiger partial charge in [0.05, 0.1) is 17.8 Å². The van der Waals surface area contributed by atoms with Crippen molar-refractivity contribution in [3.8, 4) is 28.3 Å². The Kier molecular flexibility index (Phi) is 9.74. The number of nitrogens with zero attached hydrogens (tertiary/aromatic N) is 3. The van der Waals surface area contributed by atoms with Crippen LogP contribution in [0.3, 0.4) is 0 Å². The molecule has 3 N–H and O–H groups in total. The number of methoxy groups -OCH3 is 1. The van der Waals surface area contributed by atoms with Crippen molar-refractivity contribution in [2.45, 2.75) is 27.3 Å². The average Bonchev–Trinajstić information content (AvgIpc) is 2.99. The Morgan fingerprint density at radius 2 is 1.77 bits per heavy atom. The van der Waals surface area contributed by atoms with Gasteiger partial charge in [-0.1, -0.05) is 61.8 Å². The minimum Gasteiger partial charge on any atom is -0.481 e. The van der Waals surface area contributed by atoms with Crippen LogP contribution in [0.25, 0.3) is 22.4 Å². The molecule has 11 heteroatoms. The van der Waals surface area contributed by atoms with Crippen molar-refractivity contribution >= 4 is 35.1 Å². The normalized spacial score (nSPS) is 15.6. The maximum absolute atomic E-state index is 13.1. The smallest absolute Gasteiger partial charge is 0.326 e. The number of imide groups is 1. The number of pyridine rings is 1. The second kappa shape index (κ2) is 13.1. The number of urea groups is 1. The number of aromatic nitrogens is 1. The maximum atomic E-state index is 13.1. The molecule has 0 saturated carbocycles. The van der Waals surface area contributed by atoms with Crippen molar-refractivity contribution in [3.63, 3.8) is 0 Å². The van der Waals surface area contributed by atoms with E-state index in [9.17, 15) is 19.5 Å². The van der Waals surface area contributed by atoms with E-state index in [0.717, 1.165) is 32.7 Å². The lowest BCUT2D eigenvalue weighted by Gasteiger charge is -2.33. The molecule has 4 amide bonds. The standard InChI is InChI=1S/C32H38ClN5O5/c1-19-21(9-8-12-25(19)35-28(40)24-16-37(4)31(42)38(5)30(24)41)22-10-7-11-23(27(22)33)26-14-13-20(29(36-26)43-6)15-34-17-32(2,3)18-39/h7-14,24,34,39H,15-18H2,1-6H3,(H,35,40). The molecule has 0 radical (unpaired) electrons. The van der Waals surface area contributed by atoms with Gasteiger partial charge in [-0.25, -0.2) is 9.78 Å². The van der Waals surface area contributed by atoms with Gasteiger partial charge in [0.1, 0.15) is 5.92 Å². The molecule has 1 aliphatic heterocycles. The number of anilines is 1. The molecule has 1 aliphatic rings. The number of benzene rings is 2. The molecule has 1 fully saturated rings. The summed E-state index contributed by atoms with van der Waals surface area (Å²) in [6.45, 7) is 7.09. The van der Waals surface area contributed by atoms with Crippen molar-refractivity contribution in [2.75, 3.05) is 46.2 Å². The number of nitrogens with one attached hydrogen (secondary N) is 2. The Morgan fingerprint density at radius 1 is 1.09 bits per heavy atom. The number of hydrogen-bond donors (Lipinski definition) is 3. The van der Waals surface area contributed by atoms with Gasteiger partial charge in [-0.2, -0.15) is 0 Å². The fourth-order valence-electron chi connectivity index (χ4n) is 4.95. The third-order valence-corrected chi connectivity index (χ3v) is 8.06. The number of carbonyl (C=O) groups is 3. The first-order valence-electron chi connectivity index (χ1n) is 14.0. The van der Waals surface area contributed by atoms with Crippen LogP contribution in [0, 0.1) is 18.3 Å². The van der Waals surface area contributed by atoms with Crippen LogP contribution in [-0.2, 0) is 16.1 Å². The summed E-state index contributed by atoms with van der Waals surface area (Å²) in [6, 6.07) is 14.6. The minimum atomic E-state index is -1.01. The first kappa shape index (κ1) is 31.9. The minimum absolute atomic E-state index is 0.00636. The predicted molar refractivity (Wildman–Crippen MR) is 167 cm³/mol. The van der Waals surface area contributed by atoms with Gasteiger partial charge < -0.3 is 25.4 Å². The van der Waals surface area contributed by atoms with Crippen molar-refractivity contribution in [1.82, 2.24) is 20.1 Å². The van der Waals surface area contributed by atoms with E-state index in [1.807, 2.05) is 63.2 Å². The van der Waals surface area contributed by atoms with Crippen LogP contribution in [0.2, 0.25) is 5.02 Å². The van der Waals surface area contributed by atoms with Crippen LogP contribution < -0.4 is 15.4 Å². The van der Waals surface area contributed by atoms with Gasteiger partial charge >= 0.3 is 6.03 Å². The summed E-state index contributed by atoms with van der Waals surface area (Å²) >= 11 is 6.99. The maximum Gasteiger partial charge on any atom is 0.326 e. The molecule has 1 aromatic heterocycles. The number of halogens is 1. The summed E-state index contributed by atoms with van der Waals surface area (Å²) in [4.78, 5) is 44.9. The number of aliphatic hydroxyl groups excluding tert-OH is 1. The van der Waals surface area contributed by atoms with E-state index in [-0.39, 0.29) is 18.6 Å². The quantitative estimate of drug-likeness (QED) is 0.288. The lowest BCUT2D eigenvalue weighted by molar-refractivity contribution is -0.140. The summed E-state index contributed by atoms with van der Waals surface area (Å²) in [7, 11) is 4.50. The SMILES string of the molecule is COc1nc(-c2cccc(-c3cccc(NC(=O)C4CN(C)C(=O)N(C)C4=O)c3C)c2Cl)ccc1CNCC(C)(C)CO. The van der Waals surface area contributed by atoms with Crippen LogP contribution in [0.15, 0.2) is 48.5 Å². The van der Waals surface area contributed by atoms with Gasteiger partial charge in [0, 0.05) is 68.1 Å². The number of rotatable bonds is 10. The summed E-state index contributed by atoms with van der Waals surface area (Å²) in [5.74, 6) is -1.56. The number of hydrogen-bond acceptors (Lipinski definition) is 7. The highest BCUT2D eigenvalue weighted by Gasteiger charge is 2.39. The highest BCUT2D eigenvalue weighted by molar-refractivity contribution is 6.36. The van der Waals surface area contributed by atoms with Gasteiger partial charge in [0.25, 0.3) is 0 Å². The van der Waals surface area contributed by atoms with E-state index >= 15 is 0 Å². The number of ether oxygens (including phenoxy) is 1. The van der Waals surface area contributed by atoms with Crippen LogP contribution in [0.4, 0.5) is 10.5 Å². The second-order valence-corrected chi connectivity index (χ2v) is 11.9. The fraction of sp³-hybridized carbons (Fsp3) is 0.375. The van der Waals surface area contributed by atoms with Crippen molar-refractivity contribution in [2.24, 2.45) is 11.3 Å². The molecular formula is C32H38ClN5O5. The second-order valence-electron chi connectivity index (χ2n) is 11.5. The Hall–Kier alpha value is -3.99. The van der Waals surface area contributed by atoms with E-state index < -0.39 is 23.8 Å². The molecule has 43 heavy (non-hydrogen) atoms. The summed E-state index contributed by atoms with van der Waals surface area (Å²) in [5.41, 5.74) is 4.87. The number of amides is 4. The van der Waals surface area contributed by atoms with E-state index in [0.29, 0.717) is 35.4 Å². The Labute approximate surface area is 257 Å². The molecule has 4 rings (SSSR count).